The summed E-state index contributed by atoms with van der Waals surface area (Å²) in [6.07, 6.45) is 7.34. The van der Waals surface area contributed by atoms with E-state index in [4.69, 9.17) is 0 Å². The van der Waals surface area contributed by atoms with Gasteiger partial charge in [-0.2, -0.15) is 0 Å². The Kier molecular flexibility index (Phi) is 2.95. The van der Waals surface area contributed by atoms with E-state index in [1.54, 1.807) is 0 Å². The van der Waals surface area contributed by atoms with E-state index >= 15 is 0 Å². The molecule has 1 heterocycles. The topological polar surface area (TPSA) is 17.8 Å². The van der Waals surface area contributed by atoms with Gasteiger partial charge in [0, 0.05) is 10.5 Å². The number of rotatable bonds is 1. The van der Waals surface area contributed by atoms with Gasteiger partial charge in [-0.1, -0.05) is 35.7 Å². The molecule has 1 saturated carbocycles. The smallest absolute Gasteiger partial charge is 0.0960 e. The van der Waals surface area contributed by atoms with Crippen molar-refractivity contribution in [1.29, 1.82) is 0 Å². The Labute approximate surface area is 110 Å². The van der Waals surface area contributed by atoms with Crippen molar-refractivity contribution >= 4 is 27.0 Å². The Morgan fingerprint density at radius 2 is 2.24 bits per heavy atom. The lowest BCUT2D eigenvalue weighted by molar-refractivity contribution is 0.286. The summed E-state index contributed by atoms with van der Waals surface area (Å²) in [5, 5.41) is 0. The van der Waals surface area contributed by atoms with E-state index in [-0.39, 0.29) is 0 Å². The third-order valence-electron chi connectivity index (χ3n) is 3.84. The fourth-order valence-electron chi connectivity index (χ4n) is 2.95. The second kappa shape index (κ2) is 4.45. The summed E-state index contributed by atoms with van der Waals surface area (Å²) in [6.45, 7) is 2.36. The maximum absolute atomic E-state index is 4.51. The zero-order valence-corrected chi connectivity index (χ0v) is 11.7. The van der Waals surface area contributed by atoms with Crippen molar-refractivity contribution in [2.75, 3.05) is 0 Å². The molecule has 2 atom stereocenters. The second-order valence-corrected chi connectivity index (χ2v) is 6.13. The highest BCUT2D eigenvalue weighted by atomic mass is 79.9. The van der Waals surface area contributed by atoms with Gasteiger partial charge in [0.1, 0.15) is 0 Å². The molecule has 1 aromatic heterocycles. The first kappa shape index (κ1) is 11.3. The molecular formula is C14H17BrN2. The highest BCUT2D eigenvalue weighted by Crippen LogP contribution is 2.34. The quantitative estimate of drug-likeness (QED) is 0.754. The van der Waals surface area contributed by atoms with Crippen LogP contribution in [0.5, 0.6) is 0 Å². The van der Waals surface area contributed by atoms with Crippen LogP contribution in [0.1, 0.15) is 38.6 Å². The van der Waals surface area contributed by atoms with Crippen LogP contribution >= 0.6 is 15.9 Å². The van der Waals surface area contributed by atoms with Crippen molar-refractivity contribution in [3.8, 4) is 0 Å². The molecule has 90 valence electrons. The minimum atomic E-state index is 0.643. The van der Waals surface area contributed by atoms with E-state index < -0.39 is 0 Å². The largest absolute Gasteiger partial charge is 0.327 e. The van der Waals surface area contributed by atoms with Crippen LogP contribution in [0.3, 0.4) is 0 Å². The molecule has 17 heavy (non-hydrogen) atoms. The van der Waals surface area contributed by atoms with Crippen LogP contribution in [0.15, 0.2) is 29.0 Å². The number of halogens is 1. The fraction of sp³-hybridized carbons (Fsp3) is 0.500. The van der Waals surface area contributed by atoms with Crippen molar-refractivity contribution in [2.45, 2.75) is 38.6 Å². The van der Waals surface area contributed by atoms with Crippen LogP contribution < -0.4 is 0 Å². The van der Waals surface area contributed by atoms with Gasteiger partial charge in [-0.3, -0.25) is 0 Å². The Balaban J connectivity index is 1.99. The van der Waals surface area contributed by atoms with E-state index in [1.165, 1.54) is 31.2 Å². The molecule has 3 rings (SSSR count). The Morgan fingerprint density at radius 1 is 1.35 bits per heavy atom. The number of fused-ring (bicyclic) bond motifs is 1. The Morgan fingerprint density at radius 3 is 3.06 bits per heavy atom. The lowest BCUT2D eigenvalue weighted by Gasteiger charge is -2.28. The monoisotopic (exact) mass is 292 g/mol. The average Bonchev–Trinajstić information content (AvgIpc) is 2.71. The Bertz CT molecular complexity index is 532. The van der Waals surface area contributed by atoms with Crippen molar-refractivity contribution in [2.24, 2.45) is 5.92 Å². The summed E-state index contributed by atoms with van der Waals surface area (Å²) in [4.78, 5) is 4.51. The van der Waals surface area contributed by atoms with Gasteiger partial charge in [-0.25, -0.2) is 4.98 Å². The van der Waals surface area contributed by atoms with Gasteiger partial charge >= 0.3 is 0 Å². The maximum Gasteiger partial charge on any atom is 0.0960 e. The van der Waals surface area contributed by atoms with Crippen molar-refractivity contribution in [1.82, 2.24) is 9.55 Å². The van der Waals surface area contributed by atoms with Crippen LogP contribution in [0, 0.1) is 5.92 Å². The molecule has 1 fully saturated rings. The third-order valence-corrected chi connectivity index (χ3v) is 4.33. The molecular weight excluding hydrogens is 276 g/mol. The lowest BCUT2D eigenvalue weighted by Crippen LogP contribution is -2.16. The third kappa shape index (κ3) is 2.13. The van der Waals surface area contributed by atoms with Crippen LogP contribution in [-0.4, -0.2) is 9.55 Å². The molecule has 0 aliphatic heterocycles. The molecule has 0 N–H and O–H groups in total. The molecule has 1 aliphatic rings. The van der Waals surface area contributed by atoms with Crippen LogP contribution in [0.25, 0.3) is 11.0 Å². The number of imidazole rings is 1. The lowest BCUT2D eigenvalue weighted by atomic mass is 9.87. The van der Waals surface area contributed by atoms with Gasteiger partial charge in [0.05, 0.1) is 17.4 Å². The van der Waals surface area contributed by atoms with E-state index in [0.717, 1.165) is 15.9 Å². The second-order valence-electron chi connectivity index (χ2n) is 5.21. The van der Waals surface area contributed by atoms with E-state index in [2.05, 4.69) is 50.6 Å². The summed E-state index contributed by atoms with van der Waals surface area (Å²) < 4.78 is 3.48. The average molecular weight is 293 g/mol. The van der Waals surface area contributed by atoms with Gasteiger partial charge in [0.25, 0.3) is 0 Å². The number of benzene rings is 1. The van der Waals surface area contributed by atoms with Crippen molar-refractivity contribution < 1.29 is 0 Å². The molecule has 1 aliphatic carbocycles. The molecule has 0 saturated heterocycles. The molecule has 0 radical (unpaired) electrons. The first-order valence-electron chi connectivity index (χ1n) is 6.36. The highest BCUT2D eigenvalue weighted by molar-refractivity contribution is 9.10. The predicted octanol–water partition coefficient (Wildman–Crippen LogP) is 4.55. The van der Waals surface area contributed by atoms with Gasteiger partial charge in [-0.15, -0.1) is 0 Å². The molecule has 0 bridgehead atoms. The van der Waals surface area contributed by atoms with Gasteiger partial charge < -0.3 is 4.57 Å². The summed E-state index contributed by atoms with van der Waals surface area (Å²) in [6, 6.07) is 7.02. The zero-order chi connectivity index (χ0) is 11.8. The fourth-order valence-corrected chi connectivity index (χ4v) is 3.30. The van der Waals surface area contributed by atoms with Gasteiger partial charge in [-0.05, 0) is 37.0 Å². The maximum atomic E-state index is 4.51. The van der Waals surface area contributed by atoms with Crippen molar-refractivity contribution in [3.05, 3.63) is 29.0 Å². The minimum Gasteiger partial charge on any atom is -0.327 e. The number of nitrogens with zero attached hydrogens (tertiary/aromatic N) is 2. The first-order valence-corrected chi connectivity index (χ1v) is 7.15. The SMILES string of the molecule is CC1CCCC(n2cnc3cc(Br)ccc32)C1. The van der Waals surface area contributed by atoms with Gasteiger partial charge in [0.15, 0.2) is 0 Å². The summed E-state index contributed by atoms with van der Waals surface area (Å²) in [5.41, 5.74) is 2.37. The van der Waals surface area contributed by atoms with Crippen molar-refractivity contribution in [3.63, 3.8) is 0 Å². The van der Waals surface area contributed by atoms with Crippen LogP contribution in [-0.2, 0) is 0 Å². The van der Waals surface area contributed by atoms with Crippen LogP contribution in [0.4, 0.5) is 0 Å². The number of hydrogen-bond acceptors (Lipinski definition) is 1. The molecule has 1 aromatic carbocycles. The minimum absolute atomic E-state index is 0.643. The van der Waals surface area contributed by atoms with Gasteiger partial charge in [0.2, 0.25) is 0 Å². The molecule has 0 spiro atoms. The van der Waals surface area contributed by atoms with E-state index in [0.29, 0.717) is 6.04 Å². The number of aromatic nitrogens is 2. The standard InChI is InChI=1S/C14H17BrN2/c1-10-3-2-4-12(7-10)17-9-16-13-8-11(15)5-6-14(13)17/h5-6,8-10,12H,2-4,7H2,1H3. The predicted molar refractivity (Wildman–Crippen MR) is 74.1 cm³/mol. The first-order chi connectivity index (χ1) is 8.24. The normalized spacial score (nSPS) is 25.3. The zero-order valence-electron chi connectivity index (χ0n) is 10.1. The van der Waals surface area contributed by atoms with E-state index in [1.807, 2.05) is 6.33 Å². The number of hydrogen-bond donors (Lipinski definition) is 0. The molecule has 0 amide bonds. The van der Waals surface area contributed by atoms with E-state index in [9.17, 15) is 0 Å². The highest BCUT2D eigenvalue weighted by Gasteiger charge is 2.21. The molecule has 2 aromatic rings. The van der Waals surface area contributed by atoms with Crippen LogP contribution in [0.2, 0.25) is 0 Å². The Hall–Kier alpha value is -0.830. The summed E-state index contributed by atoms with van der Waals surface area (Å²) in [7, 11) is 0. The summed E-state index contributed by atoms with van der Waals surface area (Å²) >= 11 is 3.50. The summed E-state index contributed by atoms with van der Waals surface area (Å²) in [5.74, 6) is 0.849. The molecule has 2 unspecified atom stereocenters. The molecule has 2 nitrogen and oxygen atoms in total. The molecule has 3 heteroatoms.